The van der Waals surface area contributed by atoms with Crippen molar-refractivity contribution in [3.05, 3.63) is 42.5 Å². The number of hydrogen-bond donors (Lipinski definition) is 0. The highest BCUT2D eigenvalue weighted by molar-refractivity contribution is 7.91. The van der Waals surface area contributed by atoms with E-state index in [0.29, 0.717) is 11.4 Å². The molecule has 1 fully saturated rings. The van der Waals surface area contributed by atoms with Crippen LogP contribution >= 0.6 is 0 Å². The minimum absolute atomic E-state index is 0.0517. The van der Waals surface area contributed by atoms with Gasteiger partial charge in [0, 0.05) is 19.4 Å². The summed E-state index contributed by atoms with van der Waals surface area (Å²) in [4.78, 5) is 29.1. The molecule has 1 atom stereocenters. The zero-order valence-corrected chi connectivity index (χ0v) is 18.3. The highest BCUT2D eigenvalue weighted by atomic mass is 32.2. The smallest absolute Gasteiger partial charge is 0.230 e. The third kappa shape index (κ3) is 3.62. The van der Waals surface area contributed by atoms with Crippen LogP contribution in [0.2, 0.25) is 0 Å². The fourth-order valence-corrected chi connectivity index (χ4v) is 4.95. The molecule has 1 saturated carbocycles. The molecule has 1 aliphatic carbocycles. The number of hydrogen-bond acceptors (Lipinski definition) is 4. The van der Waals surface area contributed by atoms with E-state index in [1.54, 1.807) is 43.0 Å². The van der Waals surface area contributed by atoms with E-state index in [2.05, 4.69) is 0 Å². The minimum atomic E-state index is -3.25. The molecule has 4 rings (SSSR count). The lowest BCUT2D eigenvalue weighted by atomic mass is 10.00. The van der Waals surface area contributed by atoms with Gasteiger partial charge in [-0.25, -0.2) is 8.42 Å². The zero-order chi connectivity index (χ0) is 21.6. The monoisotopic (exact) mass is 426 g/mol. The molecule has 7 heteroatoms. The average Bonchev–Trinajstić information content (AvgIpc) is 3.57. The molecule has 2 aromatic rings. The van der Waals surface area contributed by atoms with Crippen LogP contribution in [0.3, 0.4) is 0 Å². The van der Waals surface area contributed by atoms with E-state index in [1.807, 2.05) is 30.0 Å². The number of anilines is 2. The first-order valence-corrected chi connectivity index (χ1v) is 12.0. The molecule has 2 amide bonds. The van der Waals surface area contributed by atoms with Gasteiger partial charge in [-0.1, -0.05) is 25.1 Å². The predicted molar refractivity (Wildman–Crippen MR) is 117 cm³/mol. The Hall–Kier alpha value is -2.67. The molecule has 30 heavy (non-hydrogen) atoms. The second-order valence-electron chi connectivity index (χ2n) is 8.09. The van der Waals surface area contributed by atoms with Crippen LogP contribution in [0, 0.1) is 5.92 Å². The third-order valence-electron chi connectivity index (χ3n) is 5.87. The third-order valence-corrected chi connectivity index (χ3v) is 7.62. The van der Waals surface area contributed by atoms with Crippen molar-refractivity contribution in [1.29, 1.82) is 0 Å². The number of rotatable bonds is 4. The molecule has 0 bridgehead atoms. The van der Waals surface area contributed by atoms with Crippen molar-refractivity contribution in [3.8, 4) is 11.1 Å². The molecule has 0 saturated heterocycles. The Kier molecular flexibility index (Phi) is 5.18. The maximum atomic E-state index is 12.9. The number of carbonyl (C=O) groups is 2. The molecule has 1 aliphatic heterocycles. The Morgan fingerprint density at radius 2 is 1.63 bits per heavy atom. The quantitative estimate of drug-likeness (QED) is 0.748. The summed E-state index contributed by atoms with van der Waals surface area (Å²) in [6.45, 7) is 5.59. The standard InChI is InChI=1S/C23H26N2O4S/c1-4-30(28,29)20-10-7-17(8-11-20)19-9-12-21-22(13-19)24(23(27)18-5-6-18)14-15(2)25(21)16(3)26/h7-13,15,18H,4-6,14H2,1-3H3. The van der Waals surface area contributed by atoms with E-state index < -0.39 is 9.84 Å². The Labute approximate surface area is 177 Å². The van der Waals surface area contributed by atoms with Crippen molar-refractivity contribution in [3.63, 3.8) is 0 Å². The van der Waals surface area contributed by atoms with E-state index in [9.17, 15) is 18.0 Å². The summed E-state index contributed by atoms with van der Waals surface area (Å²) in [6, 6.07) is 12.4. The molecule has 1 unspecified atom stereocenters. The number of nitrogens with zero attached hydrogens (tertiary/aromatic N) is 2. The summed E-state index contributed by atoms with van der Waals surface area (Å²) >= 11 is 0. The molecule has 0 spiro atoms. The summed E-state index contributed by atoms with van der Waals surface area (Å²) < 4.78 is 24.2. The first-order valence-electron chi connectivity index (χ1n) is 10.3. The molecular weight excluding hydrogens is 400 g/mol. The van der Waals surface area contributed by atoms with Gasteiger partial charge in [0.1, 0.15) is 0 Å². The van der Waals surface area contributed by atoms with Gasteiger partial charge in [0.05, 0.1) is 28.1 Å². The predicted octanol–water partition coefficient (Wildman–Crippen LogP) is 3.65. The van der Waals surface area contributed by atoms with Gasteiger partial charge in [0.15, 0.2) is 9.84 Å². The van der Waals surface area contributed by atoms with Gasteiger partial charge in [-0.05, 0) is 55.2 Å². The Morgan fingerprint density at radius 3 is 2.20 bits per heavy atom. The van der Waals surface area contributed by atoms with Crippen LogP contribution in [0.5, 0.6) is 0 Å². The number of fused-ring (bicyclic) bond motifs is 1. The summed E-state index contributed by atoms with van der Waals surface area (Å²) in [5.41, 5.74) is 3.22. The molecule has 0 N–H and O–H groups in total. The molecule has 6 nitrogen and oxygen atoms in total. The summed E-state index contributed by atoms with van der Waals surface area (Å²) in [5.74, 6) is 0.204. The summed E-state index contributed by atoms with van der Waals surface area (Å²) in [5, 5.41) is 0. The first-order chi connectivity index (χ1) is 14.2. The van der Waals surface area contributed by atoms with Gasteiger partial charge in [-0.3, -0.25) is 9.59 Å². The van der Waals surface area contributed by atoms with E-state index >= 15 is 0 Å². The highest BCUT2D eigenvalue weighted by Crippen LogP contribution is 2.42. The Bertz CT molecular complexity index is 1100. The number of sulfone groups is 1. The Morgan fingerprint density at radius 1 is 1.00 bits per heavy atom. The van der Waals surface area contributed by atoms with Gasteiger partial charge in [0.2, 0.25) is 11.8 Å². The van der Waals surface area contributed by atoms with Crippen molar-refractivity contribution in [2.45, 2.75) is 44.6 Å². The fourth-order valence-electron chi connectivity index (χ4n) is 4.07. The van der Waals surface area contributed by atoms with Crippen LogP contribution in [0.25, 0.3) is 11.1 Å². The highest BCUT2D eigenvalue weighted by Gasteiger charge is 2.39. The second kappa shape index (κ2) is 7.54. The lowest BCUT2D eigenvalue weighted by molar-refractivity contribution is -0.120. The number of amides is 2. The van der Waals surface area contributed by atoms with Crippen molar-refractivity contribution in [1.82, 2.24) is 0 Å². The maximum absolute atomic E-state index is 12.9. The SMILES string of the molecule is CCS(=O)(=O)c1ccc(-c2ccc3c(c2)N(C(=O)C2CC2)CC(C)N3C(C)=O)cc1. The fraction of sp³-hybridized carbons (Fsp3) is 0.391. The van der Waals surface area contributed by atoms with E-state index in [-0.39, 0.29) is 29.5 Å². The second-order valence-corrected chi connectivity index (χ2v) is 10.4. The zero-order valence-electron chi connectivity index (χ0n) is 17.5. The Balaban J connectivity index is 1.77. The average molecular weight is 427 g/mol. The molecule has 1 heterocycles. The molecule has 158 valence electrons. The molecule has 2 aromatic carbocycles. The molecule has 0 aromatic heterocycles. The largest absolute Gasteiger partial charge is 0.308 e. The van der Waals surface area contributed by atoms with Crippen LogP contribution in [0.1, 0.15) is 33.6 Å². The summed E-state index contributed by atoms with van der Waals surface area (Å²) in [7, 11) is -3.25. The van der Waals surface area contributed by atoms with E-state index in [4.69, 9.17) is 0 Å². The molecule has 2 aliphatic rings. The van der Waals surface area contributed by atoms with Crippen LogP contribution in [0.4, 0.5) is 11.4 Å². The van der Waals surface area contributed by atoms with Gasteiger partial charge >= 0.3 is 0 Å². The van der Waals surface area contributed by atoms with Gasteiger partial charge < -0.3 is 9.80 Å². The van der Waals surface area contributed by atoms with Crippen molar-refractivity contribution in [2.75, 3.05) is 22.1 Å². The van der Waals surface area contributed by atoms with Crippen LogP contribution in [-0.4, -0.2) is 38.6 Å². The van der Waals surface area contributed by atoms with E-state index in [0.717, 1.165) is 35.3 Å². The van der Waals surface area contributed by atoms with Crippen molar-refractivity contribution < 1.29 is 18.0 Å². The maximum Gasteiger partial charge on any atom is 0.230 e. The lowest BCUT2D eigenvalue weighted by Crippen LogP contribution is -2.51. The molecule has 0 radical (unpaired) electrons. The van der Waals surface area contributed by atoms with Crippen molar-refractivity contribution in [2.24, 2.45) is 5.92 Å². The number of benzene rings is 2. The lowest BCUT2D eigenvalue weighted by Gasteiger charge is -2.41. The van der Waals surface area contributed by atoms with Crippen LogP contribution in [0.15, 0.2) is 47.4 Å². The van der Waals surface area contributed by atoms with E-state index in [1.165, 1.54) is 0 Å². The normalized spacial score (nSPS) is 18.8. The molecular formula is C23H26N2O4S. The number of carbonyl (C=O) groups excluding carboxylic acids is 2. The van der Waals surface area contributed by atoms with Crippen molar-refractivity contribution >= 4 is 33.0 Å². The summed E-state index contributed by atoms with van der Waals surface area (Å²) in [6.07, 6.45) is 1.84. The van der Waals surface area contributed by atoms with Gasteiger partial charge in [-0.2, -0.15) is 0 Å². The van der Waals surface area contributed by atoms with Gasteiger partial charge in [-0.15, -0.1) is 0 Å². The first kappa shape index (κ1) is 20.6. The van der Waals surface area contributed by atoms with Gasteiger partial charge in [0.25, 0.3) is 0 Å². The topological polar surface area (TPSA) is 74.8 Å². The van der Waals surface area contributed by atoms with Crippen LogP contribution < -0.4 is 9.80 Å². The minimum Gasteiger partial charge on any atom is -0.308 e. The van der Waals surface area contributed by atoms with Crippen LogP contribution in [-0.2, 0) is 19.4 Å².